The van der Waals surface area contributed by atoms with Crippen LogP contribution in [0.2, 0.25) is 0 Å². The zero-order chi connectivity index (χ0) is 8.27. The zero-order valence-corrected chi connectivity index (χ0v) is 8.10. The number of alkyl halides is 1. The lowest BCUT2D eigenvalue weighted by Crippen LogP contribution is -2.27. The van der Waals surface area contributed by atoms with Gasteiger partial charge < -0.3 is 4.74 Å². The van der Waals surface area contributed by atoms with E-state index < -0.39 is 0 Å². The van der Waals surface area contributed by atoms with Gasteiger partial charge in [0.05, 0.1) is 6.10 Å². The fourth-order valence-electron chi connectivity index (χ4n) is 1.52. The number of halogens is 1. The molecule has 0 radical (unpaired) electrons. The highest BCUT2D eigenvalue weighted by Gasteiger charge is 2.21. The summed E-state index contributed by atoms with van der Waals surface area (Å²) in [6.07, 6.45) is 3.64. The minimum Gasteiger partial charge on any atom is -0.378 e. The molecule has 2 atom stereocenters. The van der Waals surface area contributed by atoms with E-state index in [1.165, 1.54) is 0 Å². The molecule has 11 heavy (non-hydrogen) atoms. The van der Waals surface area contributed by atoms with Gasteiger partial charge in [-0.05, 0) is 25.2 Å². The molecule has 0 aromatic heterocycles. The topological polar surface area (TPSA) is 9.23 Å². The summed E-state index contributed by atoms with van der Waals surface area (Å²) in [6.45, 7) is 5.30. The maximum Gasteiger partial charge on any atom is 0.0591 e. The van der Waals surface area contributed by atoms with Crippen molar-refractivity contribution in [2.24, 2.45) is 5.92 Å². The molecule has 0 spiro atoms. The Morgan fingerprint density at radius 3 is 2.82 bits per heavy atom. The smallest absolute Gasteiger partial charge is 0.0591 e. The van der Waals surface area contributed by atoms with Crippen LogP contribution in [0.1, 0.15) is 33.1 Å². The summed E-state index contributed by atoms with van der Waals surface area (Å²) in [4.78, 5) is 0. The van der Waals surface area contributed by atoms with Crippen molar-refractivity contribution in [1.82, 2.24) is 0 Å². The molecule has 2 heteroatoms. The molecular weight excluding hydrogens is 160 g/mol. The van der Waals surface area contributed by atoms with Crippen LogP contribution in [0.25, 0.3) is 0 Å². The second-order valence-corrected chi connectivity index (χ2v) is 4.36. The normalized spacial score (nSPS) is 32.7. The van der Waals surface area contributed by atoms with E-state index in [2.05, 4.69) is 13.8 Å². The van der Waals surface area contributed by atoms with E-state index in [4.69, 9.17) is 16.3 Å². The van der Waals surface area contributed by atoms with E-state index in [0.717, 1.165) is 31.8 Å². The van der Waals surface area contributed by atoms with Gasteiger partial charge >= 0.3 is 0 Å². The summed E-state index contributed by atoms with van der Waals surface area (Å²) in [5.74, 6) is 0.724. The highest BCUT2D eigenvalue weighted by Crippen LogP contribution is 2.23. The van der Waals surface area contributed by atoms with Crippen LogP contribution in [-0.2, 0) is 4.74 Å². The summed E-state index contributed by atoms with van der Waals surface area (Å²) in [5, 5.41) is 0.354. The Hall–Kier alpha value is 0.250. The van der Waals surface area contributed by atoms with Gasteiger partial charge in [0.2, 0.25) is 0 Å². The molecule has 2 unspecified atom stereocenters. The zero-order valence-electron chi connectivity index (χ0n) is 7.35. The quantitative estimate of drug-likeness (QED) is 0.588. The molecular formula is C9H17ClO. The predicted octanol–water partition coefficient (Wildman–Crippen LogP) is 2.82. The Kier molecular flexibility index (Phi) is 3.67. The molecule has 1 aliphatic rings. The summed E-state index contributed by atoms with van der Waals surface area (Å²) in [6, 6.07) is 0. The predicted molar refractivity (Wildman–Crippen MR) is 48.1 cm³/mol. The molecule has 0 saturated carbocycles. The molecule has 0 aliphatic carbocycles. The molecule has 1 nitrogen and oxygen atoms in total. The molecule has 0 bridgehead atoms. The molecule has 0 aromatic carbocycles. The summed E-state index contributed by atoms with van der Waals surface area (Å²) in [7, 11) is 0. The Morgan fingerprint density at radius 1 is 1.55 bits per heavy atom. The van der Waals surface area contributed by atoms with Gasteiger partial charge in [-0.25, -0.2) is 0 Å². The van der Waals surface area contributed by atoms with Crippen molar-refractivity contribution in [2.75, 3.05) is 6.61 Å². The lowest BCUT2D eigenvalue weighted by molar-refractivity contribution is 0.00600. The van der Waals surface area contributed by atoms with E-state index in [1.54, 1.807) is 0 Å². The first-order valence-electron chi connectivity index (χ1n) is 4.44. The Balaban J connectivity index is 2.23. The number of hydrogen-bond acceptors (Lipinski definition) is 1. The van der Waals surface area contributed by atoms with Crippen molar-refractivity contribution in [3.05, 3.63) is 0 Å². The fourth-order valence-corrected chi connectivity index (χ4v) is 1.81. The van der Waals surface area contributed by atoms with Crippen LogP contribution in [0.3, 0.4) is 0 Å². The monoisotopic (exact) mass is 176 g/mol. The highest BCUT2D eigenvalue weighted by atomic mass is 35.5. The van der Waals surface area contributed by atoms with Crippen LogP contribution in [-0.4, -0.2) is 18.1 Å². The molecule has 0 N–H and O–H groups in total. The van der Waals surface area contributed by atoms with E-state index in [9.17, 15) is 0 Å². The van der Waals surface area contributed by atoms with Crippen LogP contribution in [0.4, 0.5) is 0 Å². The second kappa shape index (κ2) is 4.32. The van der Waals surface area contributed by atoms with Gasteiger partial charge in [-0.15, -0.1) is 11.6 Å². The van der Waals surface area contributed by atoms with E-state index >= 15 is 0 Å². The van der Waals surface area contributed by atoms with Gasteiger partial charge in [-0.2, -0.15) is 0 Å². The first-order chi connectivity index (χ1) is 5.18. The molecule has 1 heterocycles. The van der Waals surface area contributed by atoms with Crippen molar-refractivity contribution in [3.8, 4) is 0 Å². The lowest BCUT2D eigenvalue weighted by atomic mass is 9.99. The van der Waals surface area contributed by atoms with E-state index in [1.807, 2.05) is 0 Å². The summed E-state index contributed by atoms with van der Waals surface area (Å²) < 4.78 is 5.57. The van der Waals surface area contributed by atoms with E-state index in [-0.39, 0.29) is 0 Å². The maximum atomic E-state index is 6.01. The van der Waals surface area contributed by atoms with Crippen molar-refractivity contribution in [3.63, 3.8) is 0 Å². The first kappa shape index (κ1) is 9.34. The average Bonchev–Trinajstić information content (AvgIpc) is 1.85. The summed E-state index contributed by atoms with van der Waals surface area (Å²) in [5.41, 5.74) is 0. The molecule has 1 saturated heterocycles. The van der Waals surface area contributed by atoms with Crippen LogP contribution in [0.5, 0.6) is 0 Å². The highest BCUT2D eigenvalue weighted by molar-refractivity contribution is 6.20. The van der Waals surface area contributed by atoms with Gasteiger partial charge in [0.15, 0.2) is 0 Å². The van der Waals surface area contributed by atoms with E-state index in [0.29, 0.717) is 11.5 Å². The number of hydrogen-bond donors (Lipinski definition) is 0. The molecule has 66 valence electrons. The minimum atomic E-state index is 0.354. The van der Waals surface area contributed by atoms with Crippen molar-refractivity contribution in [1.29, 1.82) is 0 Å². The lowest BCUT2D eigenvalue weighted by Gasteiger charge is -2.27. The second-order valence-electron chi connectivity index (χ2n) is 3.74. The molecule has 1 fully saturated rings. The van der Waals surface area contributed by atoms with Crippen molar-refractivity contribution >= 4 is 11.6 Å². The Morgan fingerprint density at radius 2 is 2.27 bits per heavy atom. The van der Waals surface area contributed by atoms with Crippen LogP contribution in [0.15, 0.2) is 0 Å². The van der Waals surface area contributed by atoms with Gasteiger partial charge in [-0.3, -0.25) is 0 Å². The maximum absolute atomic E-state index is 6.01. The largest absolute Gasteiger partial charge is 0.378 e. The fraction of sp³-hybridized carbons (Fsp3) is 1.00. The van der Waals surface area contributed by atoms with Crippen LogP contribution < -0.4 is 0 Å². The molecule has 0 aromatic rings. The molecule has 0 amide bonds. The van der Waals surface area contributed by atoms with Gasteiger partial charge in [0, 0.05) is 12.0 Å². The van der Waals surface area contributed by atoms with Crippen molar-refractivity contribution < 1.29 is 4.74 Å². The first-order valence-corrected chi connectivity index (χ1v) is 4.87. The minimum absolute atomic E-state index is 0.354. The Bertz CT molecular complexity index is 112. The number of ether oxygens (including phenoxy) is 1. The third kappa shape index (κ3) is 3.44. The SMILES string of the molecule is CC(C)CC1CC(Cl)CCO1. The van der Waals surface area contributed by atoms with Crippen LogP contribution >= 0.6 is 11.6 Å². The third-order valence-electron chi connectivity index (χ3n) is 2.04. The molecule has 1 aliphatic heterocycles. The third-order valence-corrected chi connectivity index (χ3v) is 2.43. The summed E-state index contributed by atoms with van der Waals surface area (Å²) >= 11 is 6.01. The van der Waals surface area contributed by atoms with Crippen molar-refractivity contribution in [2.45, 2.75) is 44.6 Å². The van der Waals surface area contributed by atoms with Gasteiger partial charge in [0.25, 0.3) is 0 Å². The standard InChI is InChI=1S/C9H17ClO/c1-7(2)5-9-6-8(10)3-4-11-9/h7-9H,3-6H2,1-2H3. The average molecular weight is 177 g/mol. The van der Waals surface area contributed by atoms with Gasteiger partial charge in [0.1, 0.15) is 0 Å². The number of rotatable bonds is 2. The Labute approximate surface area is 74.1 Å². The van der Waals surface area contributed by atoms with Gasteiger partial charge in [-0.1, -0.05) is 13.8 Å². The molecule has 1 rings (SSSR count). The van der Waals surface area contributed by atoms with Crippen LogP contribution in [0, 0.1) is 5.92 Å².